The van der Waals surface area contributed by atoms with Crippen molar-refractivity contribution in [2.45, 2.75) is 31.7 Å². The molecule has 5 heteroatoms. The molecule has 0 atom stereocenters. The SMILES string of the molecule is C=C(C)CN(C)S(=O)(=O)c1ccc(CC)c(CNC)c1. The van der Waals surface area contributed by atoms with Gasteiger partial charge in [0.25, 0.3) is 0 Å². The molecule has 0 amide bonds. The molecule has 0 aliphatic heterocycles. The van der Waals surface area contributed by atoms with Gasteiger partial charge in [0.15, 0.2) is 0 Å². The minimum Gasteiger partial charge on any atom is -0.316 e. The molecule has 1 aromatic rings. The van der Waals surface area contributed by atoms with Crippen molar-refractivity contribution in [1.29, 1.82) is 0 Å². The van der Waals surface area contributed by atoms with Crippen molar-refractivity contribution >= 4 is 10.0 Å². The predicted molar refractivity (Wildman–Crippen MR) is 83.2 cm³/mol. The molecule has 0 saturated carbocycles. The van der Waals surface area contributed by atoms with E-state index >= 15 is 0 Å². The van der Waals surface area contributed by atoms with Gasteiger partial charge in [0.2, 0.25) is 10.0 Å². The Kier molecular flexibility index (Phi) is 5.92. The number of benzene rings is 1. The number of nitrogens with one attached hydrogen (secondary N) is 1. The van der Waals surface area contributed by atoms with Gasteiger partial charge in [-0.1, -0.05) is 25.1 Å². The van der Waals surface area contributed by atoms with Gasteiger partial charge in [-0.2, -0.15) is 4.31 Å². The molecule has 1 N–H and O–H groups in total. The number of nitrogens with zero attached hydrogens (tertiary/aromatic N) is 1. The first-order valence-corrected chi connectivity index (χ1v) is 8.14. The van der Waals surface area contributed by atoms with E-state index in [0.717, 1.165) is 17.6 Å². The van der Waals surface area contributed by atoms with Crippen molar-refractivity contribution in [2.75, 3.05) is 20.6 Å². The number of likely N-dealkylation sites (N-methyl/N-ethyl adjacent to an activating group) is 1. The molecule has 4 nitrogen and oxygen atoms in total. The zero-order valence-electron chi connectivity index (χ0n) is 12.7. The number of aryl methyl sites for hydroxylation is 1. The van der Waals surface area contributed by atoms with Gasteiger partial charge in [-0.15, -0.1) is 0 Å². The highest BCUT2D eigenvalue weighted by Gasteiger charge is 2.21. The van der Waals surface area contributed by atoms with E-state index in [1.807, 2.05) is 20.0 Å². The average molecular weight is 296 g/mol. The summed E-state index contributed by atoms with van der Waals surface area (Å²) in [6.07, 6.45) is 0.888. The van der Waals surface area contributed by atoms with E-state index in [4.69, 9.17) is 0 Å². The fourth-order valence-electron chi connectivity index (χ4n) is 2.11. The van der Waals surface area contributed by atoms with Gasteiger partial charge in [-0.05, 0) is 43.7 Å². The second-order valence-corrected chi connectivity index (χ2v) is 7.08. The number of hydrogen-bond donors (Lipinski definition) is 1. The second kappa shape index (κ2) is 7.02. The van der Waals surface area contributed by atoms with Gasteiger partial charge in [-0.25, -0.2) is 8.42 Å². The molecule has 0 fully saturated rings. The highest BCUT2D eigenvalue weighted by atomic mass is 32.2. The molecule has 0 spiro atoms. The van der Waals surface area contributed by atoms with Crippen LogP contribution in [0.25, 0.3) is 0 Å². The maximum atomic E-state index is 12.5. The van der Waals surface area contributed by atoms with Gasteiger partial charge < -0.3 is 5.32 Å². The monoisotopic (exact) mass is 296 g/mol. The van der Waals surface area contributed by atoms with Crippen molar-refractivity contribution in [3.05, 3.63) is 41.5 Å². The molecule has 0 heterocycles. The van der Waals surface area contributed by atoms with E-state index in [0.29, 0.717) is 18.0 Å². The first kappa shape index (κ1) is 16.9. The van der Waals surface area contributed by atoms with Crippen LogP contribution >= 0.6 is 0 Å². The fraction of sp³-hybridized carbons (Fsp3) is 0.467. The summed E-state index contributed by atoms with van der Waals surface area (Å²) in [5, 5.41) is 3.08. The van der Waals surface area contributed by atoms with E-state index in [-0.39, 0.29) is 0 Å². The number of hydrogen-bond acceptors (Lipinski definition) is 3. The summed E-state index contributed by atoms with van der Waals surface area (Å²) in [5.41, 5.74) is 3.01. The van der Waals surface area contributed by atoms with Crippen LogP contribution in [0.2, 0.25) is 0 Å². The van der Waals surface area contributed by atoms with Crippen LogP contribution in [0, 0.1) is 0 Å². The molecule has 1 aromatic carbocycles. The minimum absolute atomic E-state index is 0.333. The van der Waals surface area contributed by atoms with E-state index in [1.54, 1.807) is 19.2 Å². The molecule has 112 valence electrons. The summed E-state index contributed by atoms with van der Waals surface area (Å²) in [7, 11) is -0.0213. The van der Waals surface area contributed by atoms with Crippen LogP contribution in [-0.2, 0) is 23.0 Å². The van der Waals surface area contributed by atoms with E-state index < -0.39 is 10.0 Å². The van der Waals surface area contributed by atoms with Crippen LogP contribution in [-0.4, -0.2) is 33.4 Å². The lowest BCUT2D eigenvalue weighted by Crippen LogP contribution is -2.28. The second-order valence-electron chi connectivity index (χ2n) is 5.03. The predicted octanol–water partition coefficient (Wildman–Crippen LogP) is 2.17. The Labute approximate surface area is 122 Å². The quantitative estimate of drug-likeness (QED) is 0.785. The van der Waals surface area contributed by atoms with Crippen molar-refractivity contribution in [2.24, 2.45) is 0 Å². The van der Waals surface area contributed by atoms with Gasteiger partial charge in [0.05, 0.1) is 4.90 Å². The maximum Gasteiger partial charge on any atom is 0.243 e. The van der Waals surface area contributed by atoms with Crippen LogP contribution in [0.1, 0.15) is 25.0 Å². The average Bonchev–Trinajstić information content (AvgIpc) is 2.38. The van der Waals surface area contributed by atoms with Gasteiger partial charge in [0, 0.05) is 20.1 Å². The van der Waals surface area contributed by atoms with E-state index in [1.165, 1.54) is 9.87 Å². The highest BCUT2D eigenvalue weighted by molar-refractivity contribution is 7.89. The summed E-state index contributed by atoms with van der Waals surface area (Å²) >= 11 is 0. The van der Waals surface area contributed by atoms with Crippen molar-refractivity contribution < 1.29 is 8.42 Å². The zero-order chi connectivity index (χ0) is 15.3. The molecule has 1 rings (SSSR count). The third kappa shape index (κ3) is 3.91. The molecule has 0 bridgehead atoms. The molecular formula is C15H24N2O2S. The topological polar surface area (TPSA) is 49.4 Å². The Morgan fingerprint density at radius 1 is 1.35 bits per heavy atom. The number of sulfonamides is 1. The third-order valence-corrected chi connectivity index (χ3v) is 4.93. The minimum atomic E-state index is -3.46. The summed E-state index contributed by atoms with van der Waals surface area (Å²) in [6, 6.07) is 5.34. The van der Waals surface area contributed by atoms with Crippen LogP contribution in [0.15, 0.2) is 35.2 Å². The van der Waals surface area contributed by atoms with Crippen LogP contribution in [0.4, 0.5) is 0 Å². The molecule has 0 unspecified atom stereocenters. The molecule has 0 saturated heterocycles. The lowest BCUT2D eigenvalue weighted by atomic mass is 10.1. The Morgan fingerprint density at radius 2 is 2.00 bits per heavy atom. The molecule has 0 aliphatic rings. The van der Waals surface area contributed by atoms with Crippen molar-refractivity contribution in [3.63, 3.8) is 0 Å². The first-order valence-electron chi connectivity index (χ1n) is 6.70. The first-order chi connectivity index (χ1) is 9.32. The Bertz CT molecular complexity index is 580. The van der Waals surface area contributed by atoms with Crippen LogP contribution in [0.5, 0.6) is 0 Å². The molecular weight excluding hydrogens is 272 g/mol. The Hall–Kier alpha value is -1.17. The summed E-state index contributed by atoms with van der Waals surface area (Å²) < 4.78 is 26.3. The van der Waals surface area contributed by atoms with Gasteiger partial charge in [0.1, 0.15) is 0 Å². The smallest absolute Gasteiger partial charge is 0.243 e. The largest absolute Gasteiger partial charge is 0.316 e. The van der Waals surface area contributed by atoms with Gasteiger partial charge >= 0.3 is 0 Å². The van der Waals surface area contributed by atoms with E-state index in [2.05, 4.69) is 18.8 Å². The summed E-state index contributed by atoms with van der Waals surface area (Å²) in [5.74, 6) is 0. The summed E-state index contributed by atoms with van der Waals surface area (Å²) in [6.45, 7) is 8.64. The molecule has 20 heavy (non-hydrogen) atoms. The number of rotatable bonds is 7. The fourth-order valence-corrected chi connectivity index (χ4v) is 3.39. The lowest BCUT2D eigenvalue weighted by molar-refractivity contribution is 0.493. The maximum absolute atomic E-state index is 12.5. The zero-order valence-corrected chi connectivity index (χ0v) is 13.5. The molecule has 0 radical (unpaired) electrons. The molecule has 0 aliphatic carbocycles. The summed E-state index contributed by atoms with van der Waals surface area (Å²) in [4.78, 5) is 0.337. The van der Waals surface area contributed by atoms with Gasteiger partial charge in [-0.3, -0.25) is 0 Å². The third-order valence-electron chi connectivity index (χ3n) is 3.13. The highest BCUT2D eigenvalue weighted by Crippen LogP contribution is 2.20. The molecule has 0 aromatic heterocycles. The Morgan fingerprint density at radius 3 is 2.50 bits per heavy atom. The van der Waals surface area contributed by atoms with Crippen LogP contribution < -0.4 is 5.32 Å². The van der Waals surface area contributed by atoms with Crippen molar-refractivity contribution in [3.8, 4) is 0 Å². The Balaban J connectivity index is 3.18. The van der Waals surface area contributed by atoms with Crippen molar-refractivity contribution in [1.82, 2.24) is 9.62 Å². The van der Waals surface area contributed by atoms with Crippen LogP contribution in [0.3, 0.4) is 0 Å². The van der Waals surface area contributed by atoms with E-state index in [9.17, 15) is 8.42 Å². The normalized spacial score (nSPS) is 11.8. The lowest BCUT2D eigenvalue weighted by Gasteiger charge is -2.18. The standard InChI is InChI=1S/C15H24N2O2S/c1-6-13-7-8-15(9-14(13)10-16-4)20(18,19)17(5)11-12(2)3/h7-9,16H,2,6,10-11H2,1,3-5H3.